The molecule has 1 amide bonds. The molecule has 0 radical (unpaired) electrons. The molecule has 1 atom stereocenters. The lowest BCUT2D eigenvalue weighted by atomic mass is 10.0. The highest BCUT2D eigenvalue weighted by Crippen LogP contribution is 2.37. The lowest BCUT2D eigenvalue weighted by Crippen LogP contribution is -2.48. The number of thioether (sulfide) groups is 1. The van der Waals surface area contributed by atoms with Gasteiger partial charge in [-0.25, -0.2) is 8.42 Å². The quantitative estimate of drug-likeness (QED) is 0.809. The number of benzene rings is 1. The molecular weight excluding hydrogens is 394 g/mol. The van der Waals surface area contributed by atoms with E-state index >= 15 is 0 Å². The van der Waals surface area contributed by atoms with Gasteiger partial charge in [-0.05, 0) is 57.0 Å². The van der Waals surface area contributed by atoms with E-state index in [0.717, 1.165) is 30.8 Å². The van der Waals surface area contributed by atoms with Crippen LogP contribution in [0.3, 0.4) is 0 Å². The smallest absolute Gasteiger partial charge is 0.243 e. The molecule has 3 aliphatic heterocycles. The molecule has 0 aliphatic carbocycles. The number of rotatable bonds is 3. The van der Waals surface area contributed by atoms with E-state index < -0.39 is 10.0 Å². The Kier molecular flexibility index (Phi) is 6.01. The predicted molar refractivity (Wildman–Crippen MR) is 112 cm³/mol. The average Bonchev–Trinajstić information content (AvgIpc) is 2.84. The Morgan fingerprint density at radius 1 is 1.07 bits per heavy atom. The summed E-state index contributed by atoms with van der Waals surface area (Å²) in [6, 6.07) is 5.65. The van der Waals surface area contributed by atoms with Crippen molar-refractivity contribution in [1.82, 2.24) is 9.21 Å². The number of anilines is 1. The summed E-state index contributed by atoms with van der Waals surface area (Å²) in [7, 11) is -3.54. The summed E-state index contributed by atoms with van der Waals surface area (Å²) in [4.78, 5) is 15.8. The summed E-state index contributed by atoms with van der Waals surface area (Å²) < 4.78 is 28.0. The predicted octanol–water partition coefficient (Wildman–Crippen LogP) is 3.15. The van der Waals surface area contributed by atoms with Gasteiger partial charge < -0.3 is 10.2 Å². The number of piperidine rings is 2. The normalized spacial score (nSPS) is 25.8. The molecule has 1 N–H and O–H groups in total. The first-order valence-electron chi connectivity index (χ1n) is 10.3. The fourth-order valence-electron chi connectivity index (χ4n) is 4.47. The molecule has 28 heavy (non-hydrogen) atoms. The summed E-state index contributed by atoms with van der Waals surface area (Å²) in [5, 5.41) is 3.05. The lowest BCUT2D eigenvalue weighted by Gasteiger charge is -2.39. The number of likely N-dealkylation sites (tertiary alicyclic amines) is 1. The van der Waals surface area contributed by atoms with Crippen LogP contribution in [0.4, 0.5) is 5.69 Å². The van der Waals surface area contributed by atoms with E-state index in [4.69, 9.17) is 0 Å². The third kappa shape index (κ3) is 4.25. The Balaban J connectivity index is 1.47. The van der Waals surface area contributed by atoms with Crippen molar-refractivity contribution in [1.29, 1.82) is 0 Å². The van der Waals surface area contributed by atoms with Gasteiger partial charge in [0.25, 0.3) is 0 Å². The van der Waals surface area contributed by atoms with Crippen molar-refractivity contribution in [2.45, 2.75) is 66.5 Å². The van der Waals surface area contributed by atoms with Crippen molar-refractivity contribution in [2.75, 3.05) is 31.5 Å². The van der Waals surface area contributed by atoms with Crippen LogP contribution in [-0.2, 0) is 14.8 Å². The van der Waals surface area contributed by atoms with Crippen LogP contribution in [0, 0.1) is 0 Å². The van der Waals surface area contributed by atoms with Gasteiger partial charge in [0.2, 0.25) is 15.9 Å². The van der Waals surface area contributed by atoms with Crippen molar-refractivity contribution < 1.29 is 13.2 Å². The zero-order valence-electron chi connectivity index (χ0n) is 16.4. The molecule has 1 aromatic rings. The van der Waals surface area contributed by atoms with E-state index in [1.807, 2.05) is 13.0 Å². The van der Waals surface area contributed by atoms with Crippen LogP contribution >= 0.6 is 11.8 Å². The first-order valence-corrected chi connectivity index (χ1v) is 12.6. The van der Waals surface area contributed by atoms with E-state index in [2.05, 4.69) is 10.2 Å². The van der Waals surface area contributed by atoms with Gasteiger partial charge >= 0.3 is 0 Å². The number of nitrogens with one attached hydrogen (secondary N) is 1. The second-order valence-electron chi connectivity index (χ2n) is 8.07. The van der Waals surface area contributed by atoms with E-state index in [-0.39, 0.29) is 16.1 Å². The van der Waals surface area contributed by atoms with Crippen LogP contribution in [0.1, 0.15) is 45.4 Å². The van der Waals surface area contributed by atoms with Crippen molar-refractivity contribution in [3.05, 3.63) is 18.2 Å². The fraction of sp³-hybridized carbons (Fsp3) is 0.650. The van der Waals surface area contributed by atoms with Crippen LogP contribution in [0.5, 0.6) is 0 Å². The largest absolute Gasteiger partial charge is 0.325 e. The third-order valence-electron chi connectivity index (χ3n) is 5.99. The minimum Gasteiger partial charge on any atom is -0.325 e. The fourth-order valence-corrected chi connectivity index (χ4v) is 7.02. The third-order valence-corrected chi connectivity index (χ3v) is 9.07. The summed E-state index contributed by atoms with van der Waals surface area (Å²) >= 11 is 1.61. The molecule has 0 aromatic heterocycles. The molecule has 154 valence electrons. The zero-order chi connectivity index (χ0) is 19.7. The Bertz CT molecular complexity index is 829. The minimum atomic E-state index is -3.54. The topological polar surface area (TPSA) is 69.7 Å². The Morgan fingerprint density at radius 3 is 2.50 bits per heavy atom. The van der Waals surface area contributed by atoms with Crippen LogP contribution in [0.25, 0.3) is 0 Å². The molecule has 0 spiro atoms. The number of hydrogen-bond acceptors (Lipinski definition) is 5. The van der Waals surface area contributed by atoms with E-state index in [1.165, 1.54) is 19.3 Å². The molecule has 0 saturated carbocycles. The Labute approximate surface area is 172 Å². The molecule has 3 heterocycles. The van der Waals surface area contributed by atoms with Gasteiger partial charge in [0, 0.05) is 35.7 Å². The van der Waals surface area contributed by atoms with Crippen LogP contribution in [0.2, 0.25) is 0 Å². The molecule has 2 saturated heterocycles. The van der Waals surface area contributed by atoms with Crippen molar-refractivity contribution in [2.24, 2.45) is 0 Å². The minimum absolute atomic E-state index is 0.0596. The Morgan fingerprint density at radius 2 is 1.79 bits per heavy atom. The molecule has 6 nitrogen and oxygen atoms in total. The second kappa shape index (κ2) is 8.34. The summed E-state index contributed by atoms with van der Waals surface area (Å²) in [5.41, 5.74) is 0.614. The molecule has 2 fully saturated rings. The number of carbonyl (C=O) groups excluding carboxylic acids is 1. The highest BCUT2D eigenvalue weighted by atomic mass is 32.2. The highest BCUT2D eigenvalue weighted by molar-refractivity contribution is 8.00. The van der Waals surface area contributed by atoms with Gasteiger partial charge in [-0.1, -0.05) is 13.3 Å². The first-order chi connectivity index (χ1) is 13.4. The maximum absolute atomic E-state index is 13.2. The van der Waals surface area contributed by atoms with Crippen LogP contribution in [-0.4, -0.2) is 61.0 Å². The van der Waals surface area contributed by atoms with Gasteiger partial charge in [-0.2, -0.15) is 4.31 Å². The lowest BCUT2D eigenvalue weighted by molar-refractivity contribution is -0.116. The molecular formula is C20H29N3O3S2. The SMILES string of the molecule is C[C@@H]1CC(=O)Nc2cc(S(=O)(=O)N3CCC(N4CCCCC4)CC3)ccc2S1. The number of amides is 1. The van der Waals surface area contributed by atoms with Gasteiger partial charge in [0.05, 0.1) is 10.6 Å². The van der Waals surface area contributed by atoms with Crippen LogP contribution in [0.15, 0.2) is 28.0 Å². The first kappa shape index (κ1) is 20.2. The van der Waals surface area contributed by atoms with Crippen molar-refractivity contribution >= 4 is 33.4 Å². The average molecular weight is 424 g/mol. The zero-order valence-corrected chi connectivity index (χ0v) is 18.0. The number of fused-ring (bicyclic) bond motifs is 1. The van der Waals surface area contributed by atoms with Gasteiger partial charge in [0.15, 0.2) is 0 Å². The molecule has 4 rings (SSSR count). The van der Waals surface area contributed by atoms with E-state index in [0.29, 0.717) is 31.2 Å². The number of carbonyl (C=O) groups is 1. The standard InChI is InChI=1S/C20H29N3O3S2/c1-15-13-20(24)21-18-14-17(5-6-19(18)27-15)28(25,26)23-11-7-16(8-12-23)22-9-3-2-4-10-22/h5-6,14-16H,2-4,7-13H2,1H3,(H,21,24)/t15-/m1/s1. The van der Waals surface area contributed by atoms with Gasteiger partial charge in [-0.3, -0.25) is 4.79 Å². The summed E-state index contributed by atoms with van der Waals surface area (Å²) in [5.74, 6) is -0.0596. The van der Waals surface area contributed by atoms with Crippen LogP contribution < -0.4 is 5.32 Å². The van der Waals surface area contributed by atoms with E-state index in [1.54, 1.807) is 28.2 Å². The summed E-state index contributed by atoms with van der Waals surface area (Å²) in [6.45, 7) is 5.45. The number of sulfonamides is 1. The highest BCUT2D eigenvalue weighted by Gasteiger charge is 2.32. The van der Waals surface area contributed by atoms with Gasteiger partial charge in [0.1, 0.15) is 0 Å². The molecule has 8 heteroatoms. The number of nitrogens with zero attached hydrogens (tertiary/aromatic N) is 2. The second-order valence-corrected chi connectivity index (χ2v) is 11.5. The van der Waals surface area contributed by atoms with Crippen molar-refractivity contribution in [3.8, 4) is 0 Å². The number of hydrogen-bond donors (Lipinski definition) is 1. The maximum Gasteiger partial charge on any atom is 0.243 e. The van der Waals surface area contributed by atoms with Crippen molar-refractivity contribution in [3.63, 3.8) is 0 Å². The summed E-state index contributed by atoms with van der Waals surface area (Å²) in [6.07, 6.45) is 6.07. The van der Waals surface area contributed by atoms with E-state index in [9.17, 15) is 13.2 Å². The molecule has 3 aliphatic rings. The monoisotopic (exact) mass is 423 g/mol. The Hall–Kier alpha value is -1.09. The maximum atomic E-state index is 13.2. The molecule has 1 aromatic carbocycles. The van der Waals surface area contributed by atoms with Gasteiger partial charge in [-0.15, -0.1) is 11.8 Å². The molecule has 0 unspecified atom stereocenters. The molecule has 0 bridgehead atoms.